The Morgan fingerprint density at radius 1 is 0.795 bits per heavy atom. The van der Waals surface area contributed by atoms with E-state index in [4.69, 9.17) is 15.2 Å². The van der Waals surface area contributed by atoms with E-state index in [0.29, 0.717) is 15.6 Å². The predicted molar refractivity (Wildman–Crippen MR) is 306 cm³/mol. The highest BCUT2D eigenvalue weighted by molar-refractivity contribution is 7.90. The summed E-state index contributed by atoms with van der Waals surface area (Å²) in [6, 6.07) is 0.513. The Hall–Kier alpha value is -7.74. The molecule has 2 aromatic heterocycles. The first-order valence-electron chi connectivity index (χ1n) is 27.9. The topological polar surface area (TPSA) is 481 Å². The number of aromatic hydroxyl groups is 1. The van der Waals surface area contributed by atoms with E-state index in [1.165, 1.54) is 36.8 Å². The first-order chi connectivity index (χ1) is 41.9. The number of nitrogens with zero attached hydrogens (tertiary/aromatic N) is 6. The number of β-amino-alcohol motifs (C(OH)–C–C–N with tert-alkyl or cyclic N) is 1. The van der Waals surface area contributed by atoms with E-state index in [9.17, 15) is 79.2 Å². The van der Waals surface area contributed by atoms with E-state index in [1.54, 1.807) is 18.3 Å². The number of rotatable bonds is 16. The first kappa shape index (κ1) is 66.2. The van der Waals surface area contributed by atoms with Crippen molar-refractivity contribution in [2.75, 3.05) is 37.6 Å². The largest absolute Gasteiger partial charge is 0.504 e. The maximum atomic E-state index is 14.7. The fourth-order valence-electron chi connectivity index (χ4n) is 10.7. The van der Waals surface area contributed by atoms with Crippen LogP contribution in [-0.2, 0) is 42.9 Å². The number of nitrogens with two attached hydrogens (primary N) is 1. The predicted octanol–water partition coefficient (Wildman–Crippen LogP) is -3.36. The molecule has 8 rings (SSSR count). The van der Waals surface area contributed by atoms with E-state index in [1.807, 2.05) is 12.1 Å². The number of pyridine rings is 1. The lowest BCUT2D eigenvalue weighted by Gasteiger charge is -2.34. The third-order valence-corrected chi connectivity index (χ3v) is 16.8. The van der Waals surface area contributed by atoms with Crippen LogP contribution in [0.5, 0.6) is 11.5 Å². The van der Waals surface area contributed by atoms with Crippen LogP contribution >= 0.6 is 23.7 Å². The standard InChI is InChI=1S/C54H68N12O20S2/c1-24-22-66-42(43(24)73)50(80)57-21-30(68)17-32(58-46(76)26-6-8-27(9-7-26)51-62-63-52(87-51)29-11-13-38(56-20-29)64-14-4-3-5-15-64)47(77)59-39(25(2)67)53(81)65-23-31(69)18-33(65)48(78)61-41(49(79)60-40(54(66)82)35(71)19-37(55)72)45(75)44(74)28-10-12-34(70)36(16-28)84-88-86-85-83/h6-13,16,20,24-25,30-33,35,39-45,67-71,73-75,83H,3-5,14-15,17-19,21-23H2,1-2H3,(H2,55,72)(H,57,80)(H,58,76)(H,59,77)(H,60,79)(H,61,78). The van der Waals surface area contributed by atoms with Crippen LogP contribution in [-0.4, -0.2) is 224 Å². The van der Waals surface area contributed by atoms with Gasteiger partial charge in [0.2, 0.25) is 41.4 Å². The van der Waals surface area contributed by atoms with Gasteiger partial charge in [0.1, 0.15) is 64.3 Å². The number of hydrogen-bond donors (Lipinski definition) is 15. The van der Waals surface area contributed by atoms with Crippen LogP contribution in [0.4, 0.5) is 5.82 Å². The number of benzene rings is 2. The van der Waals surface area contributed by atoms with Crippen LogP contribution in [0, 0.1) is 5.92 Å². The number of primary amides is 1. The molecule has 14 unspecified atom stereocenters. The Balaban J connectivity index is 1.10. The molecule has 8 amide bonds. The number of anilines is 1. The SMILES string of the molecule is CC(O)C1NC(=O)C(NC(=O)c2ccc(-c3nnc(-c4ccc(N5CCCCC5)nc4)s3)cc2)CC(O)CNC(=O)C2C(O)C(C)CN2C(=O)C(C(O)CC(N)=O)NC(=O)C(C(O)C(O)c2ccc(O)c(OSOOO)c2)NC(=O)C2CC(O)CN2C1=O. The number of piperidine rings is 1. The van der Waals surface area contributed by atoms with Crippen molar-refractivity contribution in [3.05, 3.63) is 71.9 Å². The summed E-state index contributed by atoms with van der Waals surface area (Å²) in [6.45, 7) is 2.55. The van der Waals surface area contributed by atoms with E-state index in [-0.39, 0.29) is 23.5 Å². The van der Waals surface area contributed by atoms with Crippen molar-refractivity contribution in [3.63, 3.8) is 0 Å². The lowest BCUT2D eigenvalue weighted by atomic mass is 9.96. The van der Waals surface area contributed by atoms with Crippen molar-refractivity contribution in [3.8, 4) is 32.6 Å². The van der Waals surface area contributed by atoms with Gasteiger partial charge >= 0.3 is 0 Å². The van der Waals surface area contributed by atoms with E-state index < -0.39 is 183 Å². The molecule has 0 radical (unpaired) electrons. The number of fused-ring (bicyclic) bond motifs is 2. The molecule has 4 saturated heterocycles. The van der Waals surface area contributed by atoms with Crippen molar-refractivity contribution in [2.24, 2.45) is 11.7 Å². The fourth-order valence-corrected chi connectivity index (χ4v) is 11.8. The summed E-state index contributed by atoms with van der Waals surface area (Å²) < 4.78 is 9.20. The molecule has 0 aliphatic carbocycles. The second kappa shape index (κ2) is 29.5. The number of carbonyl (C=O) groups is 8. The Bertz CT molecular complexity index is 3160. The summed E-state index contributed by atoms with van der Waals surface area (Å²) in [5.74, 6) is -11.0. The van der Waals surface area contributed by atoms with Gasteiger partial charge < -0.3 is 92.1 Å². The van der Waals surface area contributed by atoms with Crippen LogP contribution < -0.4 is 41.4 Å². The molecule has 6 heterocycles. The normalized spacial score (nSPS) is 26.7. The number of aliphatic hydroxyl groups is 7. The highest BCUT2D eigenvalue weighted by atomic mass is 32.2. The van der Waals surface area contributed by atoms with E-state index in [2.05, 4.69) is 56.0 Å². The number of hydrogen-bond acceptors (Lipinski definition) is 26. The van der Waals surface area contributed by atoms with E-state index in [0.717, 1.165) is 72.2 Å². The van der Waals surface area contributed by atoms with Gasteiger partial charge in [0, 0.05) is 74.4 Å². The third-order valence-electron chi connectivity index (χ3n) is 15.4. The van der Waals surface area contributed by atoms with Crippen LogP contribution in [0.25, 0.3) is 21.1 Å². The van der Waals surface area contributed by atoms with Crippen molar-refractivity contribution in [1.29, 1.82) is 0 Å². The van der Waals surface area contributed by atoms with Crippen molar-refractivity contribution in [2.45, 2.75) is 131 Å². The Kier molecular flexibility index (Phi) is 22.2. The molecular formula is C54H68N12O20S2. The fraction of sp³-hybridized carbons (Fsp3) is 0.500. The average Bonchev–Trinajstić information content (AvgIpc) is 2.33. The number of phenolic OH excluding ortho intramolecular Hbond substituents is 1. The van der Waals surface area contributed by atoms with Crippen LogP contribution in [0.2, 0.25) is 0 Å². The van der Waals surface area contributed by atoms with Gasteiger partial charge in [-0.1, -0.05) is 45.8 Å². The van der Waals surface area contributed by atoms with E-state index >= 15 is 0 Å². The smallest absolute Gasteiger partial charge is 0.261 e. The average molecular weight is 1270 g/mol. The number of amides is 8. The molecule has 34 heteroatoms. The zero-order chi connectivity index (χ0) is 63.7. The minimum atomic E-state index is -2.53. The summed E-state index contributed by atoms with van der Waals surface area (Å²) in [5, 5.41) is 124. The monoisotopic (exact) mass is 1270 g/mol. The molecule has 14 atom stereocenters. The molecule has 4 aliphatic heterocycles. The van der Waals surface area contributed by atoms with Crippen molar-refractivity contribution in [1.82, 2.24) is 51.6 Å². The Labute approximate surface area is 509 Å². The minimum absolute atomic E-state index is 0.00918. The number of phenols is 1. The molecule has 2 aromatic carbocycles. The molecule has 476 valence electrons. The highest BCUT2D eigenvalue weighted by Crippen LogP contribution is 2.35. The number of nitrogens with one attached hydrogen (secondary N) is 5. The second-order valence-electron chi connectivity index (χ2n) is 21.8. The van der Waals surface area contributed by atoms with Crippen LogP contribution in [0.1, 0.15) is 74.4 Å². The lowest BCUT2D eigenvalue weighted by Crippen LogP contribution is -2.64. The molecule has 4 aliphatic rings. The Morgan fingerprint density at radius 3 is 2.11 bits per heavy atom. The van der Waals surface area contributed by atoms with Gasteiger partial charge in [-0.2, -0.15) is 0 Å². The van der Waals surface area contributed by atoms with Gasteiger partial charge in [0.15, 0.2) is 11.5 Å². The van der Waals surface area contributed by atoms with Gasteiger partial charge in [-0.05, 0) is 68.1 Å². The molecule has 16 N–H and O–H groups in total. The third kappa shape index (κ3) is 15.7. The summed E-state index contributed by atoms with van der Waals surface area (Å²) in [4.78, 5) is 122. The summed E-state index contributed by atoms with van der Waals surface area (Å²) in [6.07, 6.45) is -11.0. The second-order valence-corrected chi connectivity index (χ2v) is 23.2. The van der Waals surface area contributed by atoms with Gasteiger partial charge in [-0.25, -0.2) is 10.2 Å². The molecule has 32 nitrogen and oxygen atoms in total. The van der Waals surface area contributed by atoms with Gasteiger partial charge in [0.25, 0.3) is 18.2 Å². The van der Waals surface area contributed by atoms with Gasteiger partial charge in [-0.3, -0.25) is 38.4 Å². The highest BCUT2D eigenvalue weighted by Gasteiger charge is 2.50. The van der Waals surface area contributed by atoms with Gasteiger partial charge in [-0.15, -0.1) is 10.2 Å². The van der Waals surface area contributed by atoms with Crippen molar-refractivity contribution >= 4 is 76.7 Å². The quantitative estimate of drug-likeness (QED) is 0.0225. The summed E-state index contributed by atoms with van der Waals surface area (Å²) >= 11 is 1.25. The maximum absolute atomic E-state index is 14.7. The first-order valence-corrected chi connectivity index (χ1v) is 29.4. The molecule has 4 fully saturated rings. The van der Waals surface area contributed by atoms with Crippen molar-refractivity contribution < 1.29 is 98.0 Å². The lowest BCUT2D eigenvalue weighted by molar-refractivity contribution is -0.433. The van der Waals surface area contributed by atoms with Gasteiger partial charge in [0.05, 0.1) is 36.9 Å². The molecule has 4 aromatic rings. The zero-order valence-corrected chi connectivity index (χ0v) is 48.9. The summed E-state index contributed by atoms with van der Waals surface area (Å²) in [7, 11) is 0. The number of aliphatic hydroxyl groups excluding tert-OH is 7. The zero-order valence-electron chi connectivity index (χ0n) is 47.2. The minimum Gasteiger partial charge on any atom is -0.504 e. The van der Waals surface area contributed by atoms with Crippen LogP contribution in [0.3, 0.4) is 0 Å². The summed E-state index contributed by atoms with van der Waals surface area (Å²) in [5.41, 5.74) is 6.35. The molecule has 0 saturated carbocycles. The molecule has 88 heavy (non-hydrogen) atoms. The Morgan fingerprint density at radius 2 is 1.45 bits per heavy atom. The maximum Gasteiger partial charge on any atom is 0.261 e. The molecule has 0 spiro atoms. The number of carbonyl (C=O) groups excluding carboxylic acids is 8. The van der Waals surface area contributed by atoms with Crippen LogP contribution in [0.15, 0.2) is 60.8 Å². The molecule has 0 bridgehead atoms. The number of aromatic nitrogens is 3. The molecular weight excluding hydrogens is 1200 g/mol.